The Morgan fingerprint density at radius 3 is 2.67 bits per heavy atom. The first kappa shape index (κ1) is 18.6. The van der Waals surface area contributed by atoms with E-state index in [0.717, 1.165) is 27.8 Å². The van der Waals surface area contributed by atoms with Gasteiger partial charge in [0, 0.05) is 24.0 Å². The molecule has 1 aliphatic rings. The number of hydrogen-bond acceptors (Lipinski definition) is 4. The van der Waals surface area contributed by atoms with Crippen LogP contribution in [0.2, 0.25) is 0 Å². The summed E-state index contributed by atoms with van der Waals surface area (Å²) in [4.78, 5) is 11.8. The van der Waals surface area contributed by atoms with Crippen LogP contribution in [-0.2, 0) is 6.42 Å². The van der Waals surface area contributed by atoms with Gasteiger partial charge in [0.25, 0.3) is 0 Å². The van der Waals surface area contributed by atoms with Crippen LogP contribution in [0.1, 0.15) is 53.3 Å². The molecule has 0 aliphatic carbocycles. The molecular weight excluding hydrogens is 350 g/mol. The zero-order valence-electron chi connectivity index (χ0n) is 16.8. The van der Waals surface area contributed by atoms with E-state index >= 15 is 0 Å². The molecule has 1 aromatic carbocycles. The van der Waals surface area contributed by atoms with Crippen LogP contribution < -0.4 is 0 Å². The third kappa shape index (κ3) is 4.22. The van der Waals surface area contributed by atoms with E-state index in [0.29, 0.717) is 6.04 Å². The van der Waals surface area contributed by atoms with Crippen molar-refractivity contribution in [1.29, 1.82) is 0 Å². The van der Waals surface area contributed by atoms with Gasteiger partial charge in [0.15, 0.2) is 0 Å². The van der Waals surface area contributed by atoms with Crippen molar-refractivity contribution in [2.45, 2.75) is 53.0 Å². The molecule has 0 N–H and O–H groups in total. The number of piperidine rings is 1. The molecule has 3 heterocycles. The molecule has 4 rings (SSSR count). The second-order valence-electron chi connectivity index (χ2n) is 8.10. The van der Waals surface area contributed by atoms with E-state index < -0.39 is 0 Å². The van der Waals surface area contributed by atoms with E-state index in [2.05, 4.69) is 72.9 Å². The molecule has 0 radical (unpaired) electrons. The number of pyridine rings is 1. The Morgan fingerprint density at radius 2 is 1.89 bits per heavy atom. The van der Waals surface area contributed by atoms with Crippen LogP contribution in [0.15, 0.2) is 30.3 Å². The van der Waals surface area contributed by atoms with Gasteiger partial charge in [0.1, 0.15) is 0 Å². The van der Waals surface area contributed by atoms with Gasteiger partial charge in [-0.05, 0) is 94.8 Å². The Kier molecular flexibility index (Phi) is 5.29. The summed E-state index contributed by atoms with van der Waals surface area (Å²) in [6.07, 6.45) is 3.79. The summed E-state index contributed by atoms with van der Waals surface area (Å²) in [6, 6.07) is 11.8. The van der Waals surface area contributed by atoms with Crippen molar-refractivity contribution in [1.82, 2.24) is 14.9 Å². The van der Waals surface area contributed by atoms with Crippen LogP contribution in [0.3, 0.4) is 0 Å². The molecule has 142 valence electrons. The number of thiazole rings is 1. The summed E-state index contributed by atoms with van der Waals surface area (Å²) < 4.78 is 1.31. The van der Waals surface area contributed by atoms with Gasteiger partial charge in [-0.1, -0.05) is 6.07 Å². The lowest BCUT2D eigenvalue weighted by molar-refractivity contribution is 0.131. The summed E-state index contributed by atoms with van der Waals surface area (Å²) in [5.41, 5.74) is 6.27. The highest BCUT2D eigenvalue weighted by Crippen LogP contribution is 2.31. The van der Waals surface area contributed by atoms with Crippen molar-refractivity contribution >= 4 is 21.6 Å². The number of rotatable bonds is 4. The maximum atomic E-state index is 4.60. The van der Waals surface area contributed by atoms with Crippen molar-refractivity contribution in [3.8, 4) is 0 Å². The molecule has 0 saturated carbocycles. The highest BCUT2D eigenvalue weighted by atomic mass is 32.1. The van der Waals surface area contributed by atoms with Gasteiger partial charge in [-0.25, -0.2) is 4.98 Å². The lowest BCUT2D eigenvalue weighted by atomic mass is 9.89. The Hall–Kier alpha value is -1.78. The minimum atomic E-state index is 0.459. The maximum absolute atomic E-state index is 4.60. The Labute approximate surface area is 166 Å². The molecule has 0 spiro atoms. The van der Waals surface area contributed by atoms with Gasteiger partial charge < -0.3 is 0 Å². The van der Waals surface area contributed by atoms with E-state index in [9.17, 15) is 0 Å². The molecule has 1 saturated heterocycles. The smallest absolute Gasteiger partial charge is 0.0907 e. The first-order valence-corrected chi connectivity index (χ1v) is 10.8. The summed E-state index contributed by atoms with van der Waals surface area (Å²) in [6.45, 7) is 11.0. The van der Waals surface area contributed by atoms with Crippen LogP contribution in [0.25, 0.3) is 10.2 Å². The molecule has 27 heavy (non-hydrogen) atoms. The predicted molar refractivity (Wildman–Crippen MR) is 114 cm³/mol. The molecular formula is C23H29N3S. The normalized spacial score (nSPS) is 19.5. The fraction of sp³-hybridized carbons (Fsp3) is 0.478. The van der Waals surface area contributed by atoms with Gasteiger partial charge in [0.2, 0.25) is 0 Å². The summed E-state index contributed by atoms with van der Waals surface area (Å²) in [7, 11) is 0. The summed E-state index contributed by atoms with van der Waals surface area (Å²) in [5.74, 6) is 0.733. The van der Waals surface area contributed by atoms with E-state index in [-0.39, 0.29) is 0 Å². The molecule has 2 aromatic heterocycles. The number of likely N-dealkylation sites (tertiary alicyclic amines) is 1. The highest BCUT2D eigenvalue weighted by Gasteiger charge is 2.25. The van der Waals surface area contributed by atoms with Crippen molar-refractivity contribution in [2.24, 2.45) is 5.92 Å². The molecule has 1 fully saturated rings. The first-order chi connectivity index (χ1) is 13.0. The average molecular weight is 380 g/mol. The Balaban J connectivity index is 1.47. The lowest BCUT2D eigenvalue weighted by Crippen LogP contribution is -2.38. The minimum absolute atomic E-state index is 0.459. The zero-order valence-corrected chi connectivity index (χ0v) is 17.6. The average Bonchev–Trinajstić information content (AvgIpc) is 2.99. The standard InChI is InChI=1S/C23H29N3S/c1-15-10-20(11-16(2)24-15)12-19-6-5-9-26(14-19)17(3)21-7-8-22-23(13-21)27-18(4)25-22/h7-8,10-11,13,17,19H,5-6,9,12,14H2,1-4H3/t17?,19-/m1/s1. The Bertz CT molecular complexity index is 926. The zero-order chi connectivity index (χ0) is 19.0. The fourth-order valence-electron chi connectivity index (χ4n) is 4.51. The number of aryl methyl sites for hydroxylation is 3. The molecule has 3 nitrogen and oxygen atoms in total. The fourth-order valence-corrected chi connectivity index (χ4v) is 5.39. The quantitative estimate of drug-likeness (QED) is 0.588. The lowest BCUT2D eigenvalue weighted by Gasteiger charge is -2.37. The van der Waals surface area contributed by atoms with Crippen molar-refractivity contribution in [3.05, 3.63) is 57.9 Å². The molecule has 3 aromatic rings. The highest BCUT2D eigenvalue weighted by molar-refractivity contribution is 7.18. The molecule has 1 unspecified atom stereocenters. The monoisotopic (exact) mass is 379 g/mol. The summed E-state index contributed by atoms with van der Waals surface area (Å²) >= 11 is 1.80. The number of fused-ring (bicyclic) bond motifs is 1. The largest absolute Gasteiger partial charge is 0.296 e. The summed E-state index contributed by atoms with van der Waals surface area (Å²) in [5, 5.41) is 1.15. The second-order valence-corrected chi connectivity index (χ2v) is 9.34. The van der Waals surface area contributed by atoms with Crippen LogP contribution in [0, 0.1) is 26.7 Å². The predicted octanol–water partition coefficient (Wildman–Crippen LogP) is 5.63. The number of hydrogen-bond donors (Lipinski definition) is 0. The third-order valence-electron chi connectivity index (χ3n) is 5.77. The molecule has 4 heteroatoms. The maximum Gasteiger partial charge on any atom is 0.0907 e. The number of aromatic nitrogens is 2. The molecule has 2 atom stereocenters. The molecule has 0 amide bonds. The van der Waals surface area contributed by atoms with Crippen molar-refractivity contribution in [3.63, 3.8) is 0 Å². The van der Waals surface area contributed by atoms with Gasteiger partial charge >= 0.3 is 0 Å². The van der Waals surface area contributed by atoms with Crippen LogP contribution in [0.4, 0.5) is 0 Å². The van der Waals surface area contributed by atoms with E-state index in [1.165, 1.54) is 48.2 Å². The molecule has 0 bridgehead atoms. The van der Waals surface area contributed by atoms with Gasteiger partial charge in [-0.15, -0.1) is 11.3 Å². The minimum Gasteiger partial charge on any atom is -0.296 e. The van der Waals surface area contributed by atoms with Crippen LogP contribution in [0.5, 0.6) is 0 Å². The second kappa shape index (κ2) is 7.69. The van der Waals surface area contributed by atoms with Gasteiger partial charge in [-0.3, -0.25) is 9.88 Å². The molecule has 1 aliphatic heterocycles. The number of benzene rings is 1. The third-order valence-corrected chi connectivity index (χ3v) is 6.70. The van der Waals surface area contributed by atoms with Gasteiger partial charge in [0.05, 0.1) is 15.2 Å². The number of nitrogens with zero attached hydrogens (tertiary/aromatic N) is 3. The van der Waals surface area contributed by atoms with Crippen LogP contribution >= 0.6 is 11.3 Å². The van der Waals surface area contributed by atoms with E-state index in [1.54, 1.807) is 11.3 Å². The van der Waals surface area contributed by atoms with Crippen molar-refractivity contribution < 1.29 is 0 Å². The van der Waals surface area contributed by atoms with Crippen molar-refractivity contribution in [2.75, 3.05) is 13.1 Å². The van der Waals surface area contributed by atoms with E-state index in [4.69, 9.17) is 0 Å². The van der Waals surface area contributed by atoms with Crippen LogP contribution in [-0.4, -0.2) is 28.0 Å². The SMILES string of the molecule is Cc1cc(C[C@H]2CCCN(C(C)c3ccc4nc(C)sc4c3)C2)cc(C)n1. The Morgan fingerprint density at radius 1 is 1.11 bits per heavy atom. The van der Waals surface area contributed by atoms with Gasteiger partial charge in [-0.2, -0.15) is 0 Å². The topological polar surface area (TPSA) is 29.0 Å². The first-order valence-electron chi connectivity index (χ1n) is 10.0. The van der Waals surface area contributed by atoms with E-state index in [1.807, 2.05) is 0 Å².